The van der Waals surface area contributed by atoms with E-state index in [-0.39, 0.29) is 0 Å². The average molecular weight is 264 g/mol. The van der Waals surface area contributed by atoms with Crippen LogP contribution in [0.15, 0.2) is 12.1 Å². The molecule has 0 spiro atoms. The lowest BCUT2D eigenvalue weighted by Crippen LogP contribution is -2.33. The summed E-state index contributed by atoms with van der Waals surface area (Å²) in [5, 5.41) is 0. The molecule has 0 aromatic carbocycles. The molecule has 0 unspecified atom stereocenters. The third kappa shape index (κ3) is 5.22. The number of nitrogens with two attached hydrogens (primary N) is 1. The van der Waals surface area contributed by atoms with E-state index in [9.17, 15) is 0 Å². The largest absolute Gasteiger partial charge is 0.320 e. The van der Waals surface area contributed by atoms with Crippen LogP contribution in [0, 0.1) is 17.8 Å². The molecule has 100 valence electrons. The number of thiophene rings is 1. The van der Waals surface area contributed by atoms with Crippen molar-refractivity contribution in [2.24, 2.45) is 11.7 Å². The van der Waals surface area contributed by atoms with Gasteiger partial charge in [0.1, 0.15) is 0 Å². The molecule has 0 atom stereocenters. The summed E-state index contributed by atoms with van der Waals surface area (Å²) in [6.07, 6.45) is 0. The van der Waals surface area contributed by atoms with Crippen molar-refractivity contribution in [1.82, 2.24) is 4.90 Å². The predicted molar refractivity (Wildman–Crippen MR) is 80.6 cm³/mol. The summed E-state index contributed by atoms with van der Waals surface area (Å²) in [7, 11) is 0. The van der Waals surface area contributed by atoms with Gasteiger partial charge in [0.05, 0.1) is 11.4 Å². The third-order valence-electron chi connectivity index (χ3n) is 2.66. The van der Waals surface area contributed by atoms with Crippen LogP contribution in [0.4, 0.5) is 0 Å². The minimum Gasteiger partial charge on any atom is -0.320 e. The Balaban J connectivity index is 2.66. The summed E-state index contributed by atoms with van der Waals surface area (Å²) in [6, 6.07) is 4.85. The monoisotopic (exact) mass is 264 g/mol. The molecule has 0 fully saturated rings. The van der Waals surface area contributed by atoms with Crippen molar-refractivity contribution in [2.75, 3.05) is 13.1 Å². The van der Waals surface area contributed by atoms with Crippen LogP contribution >= 0.6 is 11.3 Å². The van der Waals surface area contributed by atoms with Gasteiger partial charge >= 0.3 is 0 Å². The van der Waals surface area contributed by atoms with Crippen LogP contribution in [0.5, 0.6) is 0 Å². The molecule has 0 amide bonds. The first kappa shape index (κ1) is 15.2. The maximum absolute atomic E-state index is 5.38. The van der Waals surface area contributed by atoms with Crippen LogP contribution < -0.4 is 5.73 Å². The lowest BCUT2D eigenvalue weighted by atomic mass is 10.2. The third-order valence-corrected chi connectivity index (χ3v) is 3.65. The normalized spacial score (nSPS) is 11.1. The molecule has 0 aliphatic carbocycles. The lowest BCUT2D eigenvalue weighted by molar-refractivity contribution is 0.191. The van der Waals surface area contributed by atoms with Crippen molar-refractivity contribution in [3.8, 4) is 11.8 Å². The Morgan fingerprint density at radius 3 is 2.56 bits per heavy atom. The van der Waals surface area contributed by atoms with Crippen molar-refractivity contribution in [3.05, 3.63) is 21.9 Å². The van der Waals surface area contributed by atoms with E-state index in [1.807, 2.05) is 0 Å². The maximum atomic E-state index is 5.38. The number of nitrogens with zero attached hydrogens (tertiary/aromatic N) is 1. The van der Waals surface area contributed by atoms with Gasteiger partial charge in [-0.25, -0.2) is 0 Å². The van der Waals surface area contributed by atoms with Crippen molar-refractivity contribution in [1.29, 1.82) is 0 Å². The fourth-order valence-corrected chi connectivity index (χ4v) is 2.70. The Kier molecular flexibility index (Phi) is 6.42. The van der Waals surface area contributed by atoms with Crippen molar-refractivity contribution in [3.63, 3.8) is 0 Å². The fraction of sp³-hybridized carbons (Fsp3) is 0.600. The molecule has 0 saturated carbocycles. The van der Waals surface area contributed by atoms with E-state index in [0.717, 1.165) is 18.0 Å². The number of rotatable bonds is 5. The first-order valence-electron chi connectivity index (χ1n) is 6.54. The second kappa shape index (κ2) is 7.58. The SMILES string of the molecule is CC(C)CN(Cc1ccc(C#CCN)s1)C(C)C. The quantitative estimate of drug-likeness (QED) is 0.829. The Hall–Kier alpha value is -0.820. The van der Waals surface area contributed by atoms with E-state index in [0.29, 0.717) is 18.5 Å². The van der Waals surface area contributed by atoms with Crippen molar-refractivity contribution < 1.29 is 0 Å². The van der Waals surface area contributed by atoms with Gasteiger partial charge in [0.15, 0.2) is 0 Å². The van der Waals surface area contributed by atoms with Crippen LogP contribution in [0.1, 0.15) is 37.4 Å². The van der Waals surface area contributed by atoms with E-state index in [4.69, 9.17) is 5.73 Å². The van der Waals surface area contributed by atoms with Gasteiger partial charge in [-0.1, -0.05) is 25.7 Å². The minimum atomic E-state index is 0.429. The maximum Gasteiger partial charge on any atom is 0.0772 e. The predicted octanol–water partition coefficient (Wildman–Crippen LogP) is 2.92. The van der Waals surface area contributed by atoms with Crippen molar-refractivity contribution in [2.45, 2.75) is 40.3 Å². The second-order valence-electron chi connectivity index (χ2n) is 5.19. The van der Waals surface area contributed by atoms with Gasteiger partial charge in [-0.3, -0.25) is 4.90 Å². The summed E-state index contributed by atoms with van der Waals surface area (Å²) in [5.74, 6) is 6.69. The van der Waals surface area contributed by atoms with Gasteiger partial charge < -0.3 is 5.73 Å². The molecule has 2 N–H and O–H groups in total. The van der Waals surface area contributed by atoms with E-state index in [1.165, 1.54) is 4.88 Å². The molecule has 18 heavy (non-hydrogen) atoms. The summed E-state index contributed by atoms with van der Waals surface area (Å²) in [4.78, 5) is 5.01. The Morgan fingerprint density at radius 1 is 1.28 bits per heavy atom. The lowest BCUT2D eigenvalue weighted by Gasteiger charge is -2.27. The van der Waals surface area contributed by atoms with Gasteiger partial charge in [0, 0.05) is 24.0 Å². The van der Waals surface area contributed by atoms with Crippen LogP contribution in [0.3, 0.4) is 0 Å². The van der Waals surface area contributed by atoms with Gasteiger partial charge in [-0.15, -0.1) is 11.3 Å². The van der Waals surface area contributed by atoms with E-state index >= 15 is 0 Å². The van der Waals surface area contributed by atoms with Crippen LogP contribution in [0.2, 0.25) is 0 Å². The molecule has 2 nitrogen and oxygen atoms in total. The highest BCUT2D eigenvalue weighted by molar-refractivity contribution is 7.12. The Morgan fingerprint density at radius 2 is 2.00 bits per heavy atom. The topological polar surface area (TPSA) is 29.3 Å². The highest BCUT2D eigenvalue weighted by Crippen LogP contribution is 2.19. The van der Waals surface area contributed by atoms with Gasteiger partial charge in [0.25, 0.3) is 0 Å². The van der Waals surface area contributed by atoms with E-state index in [1.54, 1.807) is 11.3 Å². The fourth-order valence-electron chi connectivity index (χ4n) is 1.80. The average Bonchev–Trinajstić information content (AvgIpc) is 2.72. The zero-order chi connectivity index (χ0) is 13.5. The zero-order valence-electron chi connectivity index (χ0n) is 11.9. The molecule has 3 heteroatoms. The highest BCUT2D eigenvalue weighted by atomic mass is 32.1. The van der Waals surface area contributed by atoms with Gasteiger partial charge in [-0.05, 0) is 31.9 Å². The van der Waals surface area contributed by atoms with Crippen LogP contribution in [-0.4, -0.2) is 24.0 Å². The van der Waals surface area contributed by atoms with E-state index in [2.05, 4.69) is 56.6 Å². The minimum absolute atomic E-state index is 0.429. The molecular weight excluding hydrogens is 240 g/mol. The molecule has 0 aliphatic heterocycles. The van der Waals surface area contributed by atoms with Crippen LogP contribution in [-0.2, 0) is 6.54 Å². The summed E-state index contributed by atoms with van der Waals surface area (Å²) < 4.78 is 0. The standard InChI is InChI=1S/C15H24N2S/c1-12(2)10-17(13(3)4)11-15-8-7-14(18-15)6-5-9-16/h7-8,12-13H,9-11,16H2,1-4H3. The molecule has 1 heterocycles. The van der Waals surface area contributed by atoms with Crippen LogP contribution in [0.25, 0.3) is 0 Å². The molecule has 0 bridgehead atoms. The molecule has 1 aromatic heterocycles. The second-order valence-corrected chi connectivity index (χ2v) is 6.36. The smallest absolute Gasteiger partial charge is 0.0772 e. The molecule has 0 saturated heterocycles. The number of hydrogen-bond acceptors (Lipinski definition) is 3. The van der Waals surface area contributed by atoms with Gasteiger partial charge in [-0.2, -0.15) is 0 Å². The van der Waals surface area contributed by atoms with E-state index < -0.39 is 0 Å². The Labute approximate surface area is 115 Å². The first-order chi connectivity index (χ1) is 8.52. The van der Waals surface area contributed by atoms with Crippen molar-refractivity contribution >= 4 is 11.3 Å². The summed E-state index contributed by atoms with van der Waals surface area (Å²) in [5.41, 5.74) is 5.38. The summed E-state index contributed by atoms with van der Waals surface area (Å²) >= 11 is 1.77. The first-order valence-corrected chi connectivity index (χ1v) is 7.36. The molecule has 0 aliphatic rings. The number of hydrogen-bond donors (Lipinski definition) is 1. The molecule has 1 rings (SSSR count). The van der Waals surface area contributed by atoms with Gasteiger partial charge in [0.2, 0.25) is 0 Å². The molecular formula is C15H24N2S. The zero-order valence-corrected chi connectivity index (χ0v) is 12.7. The highest BCUT2D eigenvalue weighted by Gasteiger charge is 2.12. The molecule has 1 aromatic rings. The molecule has 0 radical (unpaired) electrons. The Bertz CT molecular complexity index is 410. The summed E-state index contributed by atoms with van der Waals surface area (Å²) in [6.45, 7) is 11.6.